The molecule has 0 saturated heterocycles. The first kappa shape index (κ1) is 24.6. The largest absolute Gasteiger partial charge is 0.466 e. The van der Waals surface area contributed by atoms with Gasteiger partial charge < -0.3 is 24.4 Å². The number of esters is 1. The van der Waals surface area contributed by atoms with Gasteiger partial charge in [-0.1, -0.05) is 22.0 Å². The van der Waals surface area contributed by atoms with Crippen molar-refractivity contribution in [2.75, 3.05) is 25.3 Å². The van der Waals surface area contributed by atoms with Crippen molar-refractivity contribution in [3.8, 4) is 11.5 Å². The van der Waals surface area contributed by atoms with Crippen LogP contribution in [0, 0.1) is 11.8 Å². The van der Waals surface area contributed by atoms with Crippen LogP contribution >= 0.6 is 15.9 Å². The number of nitrogens with zero attached hydrogens (tertiary/aromatic N) is 1. The Morgan fingerprint density at radius 3 is 2.61 bits per heavy atom. The molecule has 9 heteroatoms. The zero-order chi connectivity index (χ0) is 25.2. The highest BCUT2D eigenvalue weighted by Crippen LogP contribution is 2.36. The van der Waals surface area contributed by atoms with E-state index in [2.05, 4.69) is 21.2 Å². The van der Waals surface area contributed by atoms with E-state index < -0.39 is 0 Å². The summed E-state index contributed by atoms with van der Waals surface area (Å²) < 4.78 is 16.9. The van der Waals surface area contributed by atoms with Gasteiger partial charge in [0, 0.05) is 23.5 Å². The van der Waals surface area contributed by atoms with E-state index in [9.17, 15) is 14.4 Å². The topological polar surface area (TPSA) is 94.2 Å². The Balaban J connectivity index is 1.29. The van der Waals surface area contributed by atoms with Crippen LogP contribution in [0.1, 0.15) is 54.1 Å². The monoisotopic (exact) mass is 556 g/mol. The molecular formula is C27H29BrN2O6. The smallest absolute Gasteiger partial charge is 0.308 e. The second-order valence-corrected chi connectivity index (χ2v) is 10.3. The van der Waals surface area contributed by atoms with Crippen LogP contribution in [0.5, 0.6) is 11.5 Å². The molecule has 0 unspecified atom stereocenters. The average molecular weight is 557 g/mol. The summed E-state index contributed by atoms with van der Waals surface area (Å²) in [6.07, 6.45) is 3.20. The Bertz CT molecular complexity index is 1190. The summed E-state index contributed by atoms with van der Waals surface area (Å²) in [7, 11) is 0. The first-order valence-electron chi connectivity index (χ1n) is 12.4. The molecule has 2 aromatic rings. The van der Waals surface area contributed by atoms with Crippen LogP contribution in [0.4, 0.5) is 5.69 Å². The summed E-state index contributed by atoms with van der Waals surface area (Å²) in [5, 5.41) is 3.03. The normalized spacial score (nSPS) is 20.6. The summed E-state index contributed by atoms with van der Waals surface area (Å²) >= 11 is 3.58. The van der Waals surface area contributed by atoms with Crippen LogP contribution in [0.2, 0.25) is 0 Å². The summed E-state index contributed by atoms with van der Waals surface area (Å²) in [5.41, 5.74) is 2.93. The van der Waals surface area contributed by atoms with E-state index in [4.69, 9.17) is 14.2 Å². The van der Waals surface area contributed by atoms with Crippen molar-refractivity contribution in [3.63, 3.8) is 0 Å². The number of anilines is 1. The quantitative estimate of drug-likeness (QED) is 0.519. The molecule has 1 aliphatic carbocycles. The molecule has 1 N–H and O–H groups in total. The van der Waals surface area contributed by atoms with E-state index in [1.165, 1.54) is 0 Å². The van der Waals surface area contributed by atoms with Gasteiger partial charge in [-0.2, -0.15) is 0 Å². The molecule has 2 amide bonds. The predicted molar refractivity (Wildman–Crippen MR) is 136 cm³/mol. The molecular weight excluding hydrogens is 528 g/mol. The lowest BCUT2D eigenvalue weighted by Crippen LogP contribution is -2.38. The fourth-order valence-electron chi connectivity index (χ4n) is 5.22. The molecule has 2 aliphatic heterocycles. The minimum absolute atomic E-state index is 0.109. The molecule has 0 spiro atoms. The molecule has 1 saturated carbocycles. The van der Waals surface area contributed by atoms with Crippen LogP contribution in [-0.4, -0.2) is 42.6 Å². The Hall–Kier alpha value is -3.07. The molecule has 2 aromatic carbocycles. The van der Waals surface area contributed by atoms with Gasteiger partial charge in [0.1, 0.15) is 0 Å². The first-order valence-corrected chi connectivity index (χ1v) is 13.2. The summed E-state index contributed by atoms with van der Waals surface area (Å²) in [5.74, 6) is 0.662. The highest BCUT2D eigenvalue weighted by molar-refractivity contribution is 9.10. The number of halogens is 1. The number of ether oxygens (including phenoxy) is 3. The molecule has 0 aromatic heterocycles. The summed E-state index contributed by atoms with van der Waals surface area (Å²) in [4.78, 5) is 40.6. The van der Waals surface area contributed by atoms with Gasteiger partial charge in [-0.05, 0) is 74.4 Å². The molecule has 190 valence electrons. The minimum Gasteiger partial charge on any atom is -0.466 e. The lowest BCUT2D eigenvalue weighted by molar-refractivity contribution is -0.150. The number of amides is 2. The summed E-state index contributed by atoms with van der Waals surface area (Å²) in [6, 6.07) is 9.37. The average Bonchev–Trinajstić information content (AvgIpc) is 3.35. The second kappa shape index (κ2) is 10.5. The van der Waals surface area contributed by atoms with Gasteiger partial charge in [-0.25, -0.2) is 0 Å². The Kier molecular flexibility index (Phi) is 7.18. The van der Waals surface area contributed by atoms with Crippen molar-refractivity contribution < 1.29 is 28.6 Å². The third-order valence-corrected chi connectivity index (χ3v) is 7.92. The fraction of sp³-hybridized carbons (Fsp3) is 0.444. The molecule has 1 fully saturated rings. The number of rotatable bonds is 6. The zero-order valence-electron chi connectivity index (χ0n) is 20.2. The van der Waals surface area contributed by atoms with Gasteiger partial charge in [-0.3, -0.25) is 14.4 Å². The van der Waals surface area contributed by atoms with Crippen LogP contribution in [0.25, 0.3) is 0 Å². The molecule has 0 bridgehead atoms. The van der Waals surface area contributed by atoms with Crippen molar-refractivity contribution >= 4 is 39.4 Å². The zero-order valence-corrected chi connectivity index (χ0v) is 21.8. The minimum atomic E-state index is -0.196. The molecule has 36 heavy (non-hydrogen) atoms. The van der Waals surface area contributed by atoms with E-state index >= 15 is 0 Å². The lowest BCUT2D eigenvalue weighted by Gasteiger charge is -2.31. The van der Waals surface area contributed by atoms with Crippen molar-refractivity contribution in [3.05, 3.63) is 51.5 Å². The van der Waals surface area contributed by atoms with Gasteiger partial charge in [0.2, 0.25) is 12.7 Å². The number of carbonyl (C=O) groups is 3. The third-order valence-electron chi connectivity index (χ3n) is 7.17. The molecule has 0 radical (unpaired) electrons. The highest BCUT2D eigenvalue weighted by atomic mass is 79.9. The molecule has 2 heterocycles. The Labute approximate surface area is 218 Å². The van der Waals surface area contributed by atoms with Crippen molar-refractivity contribution in [2.24, 2.45) is 11.8 Å². The maximum Gasteiger partial charge on any atom is 0.308 e. The molecule has 0 atom stereocenters. The van der Waals surface area contributed by atoms with Crippen molar-refractivity contribution in [1.82, 2.24) is 4.90 Å². The number of carbonyl (C=O) groups excluding carboxylic acids is 3. The van der Waals surface area contributed by atoms with Gasteiger partial charge in [0.25, 0.3) is 5.91 Å². The van der Waals surface area contributed by atoms with Crippen LogP contribution < -0.4 is 14.8 Å². The maximum atomic E-state index is 13.6. The predicted octanol–water partition coefficient (Wildman–Crippen LogP) is 4.68. The standard InChI is InChI=1S/C27H29BrN2O6/c1-2-34-27(33)18-6-4-17(5-7-18)25(31)29-21-9-8-20(28)19-11-12-30(26(32)24(19)21)14-16-3-10-22-23(13-16)36-15-35-22/h3,8-10,13,17-18H,2,4-7,11-12,14-15H2,1H3,(H,29,31)/t17-,18-. The van der Waals surface area contributed by atoms with E-state index in [1.54, 1.807) is 17.9 Å². The van der Waals surface area contributed by atoms with E-state index in [1.807, 2.05) is 24.3 Å². The first-order chi connectivity index (χ1) is 17.4. The Morgan fingerprint density at radius 1 is 1.08 bits per heavy atom. The Morgan fingerprint density at radius 2 is 1.83 bits per heavy atom. The van der Waals surface area contributed by atoms with Crippen molar-refractivity contribution in [2.45, 2.75) is 45.6 Å². The number of hydrogen-bond acceptors (Lipinski definition) is 6. The number of nitrogens with one attached hydrogen (secondary N) is 1. The van der Waals surface area contributed by atoms with Gasteiger partial charge in [0.05, 0.1) is 23.8 Å². The van der Waals surface area contributed by atoms with Gasteiger partial charge in [-0.15, -0.1) is 0 Å². The number of benzene rings is 2. The third kappa shape index (κ3) is 4.93. The summed E-state index contributed by atoms with van der Waals surface area (Å²) in [6.45, 7) is 3.39. The van der Waals surface area contributed by atoms with Gasteiger partial charge in [0.15, 0.2) is 11.5 Å². The van der Waals surface area contributed by atoms with Gasteiger partial charge >= 0.3 is 5.97 Å². The van der Waals surface area contributed by atoms with Crippen LogP contribution in [0.3, 0.4) is 0 Å². The number of hydrogen-bond donors (Lipinski definition) is 1. The van der Waals surface area contributed by atoms with E-state index in [0.717, 1.165) is 15.6 Å². The van der Waals surface area contributed by atoms with E-state index in [-0.39, 0.29) is 36.4 Å². The van der Waals surface area contributed by atoms with E-state index in [0.29, 0.717) is 74.6 Å². The SMILES string of the molecule is CCOC(=O)[C@H]1CC[C@H](C(=O)Nc2ccc(Br)c3c2C(=O)N(Cc2ccc4c(c2)OCO4)CC3)CC1. The van der Waals surface area contributed by atoms with Crippen molar-refractivity contribution in [1.29, 1.82) is 0 Å². The fourth-order valence-corrected chi connectivity index (χ4v) is 5.75. The van der Waals surface area contributed by atoms with Crippen LogP contribution in [-0.2, 0) is 27.3 Å². The van der Waals surface area contributed by atoms with Crippen LogP contribution in [0.15, 0.2) is 34.8 Å². The highest BCUT2D eigenvalue weighted by Gasteiger charge is 2.33. The number of fused-ring (bicyclic) bond motifs is 2. The maximum absolute atomic E-state index is 13.6. The lowest BCUT2D eigenvalue weighted by atomic mass is 9.81. The molecule has 5 rings (SSSR count). The molecule has 8 nitrogen and oxygen atoms in total. The molecule has 3 aliphatic rings. The second-order valence-electron chi connectivity index (χ2n) is 9.40.